The second-order valence-corrected chi connectivity index (χ2v) is 5.65. The maximum atomic E-state index is 12.4. The molecule has 1 heterocycles. The van der Waals surface area contributed by atoms with Gasteiger partial charge in [-0.25, -0.2) is 0 Å². The van der Waals surface area contributed by atoms with Crippen LogP contribution in [0.4, 0.5) is 0 Å². The number of ether oxygens (including phenoxy) is 2. The number of aryl methyl sites for hydroxylation is 1. The smallest absolute Gasteiger partial charge is 0.305 e. The minimum Gasteiger partial charge on any atom is -0.493 e. The molecule has 0 aliphatic carbocycles. The van der Waals surface area contributed by atoms with Crippen molar-refractivity contribution in [3.05, 3.63) is 66.0 Å². The van der Waals surface area contributed by atoms with E-state index in [-0.39, 0.29) is 5.91 Å². The van der Waals surface area contributed by atoms with E-state index < -0.39 is 0 Å². The average molecular weight is 337 g/mol. The third kappa shape index (κ3) is 3.40. The number of carbonyl (C=O) groups excluding carboxylic acids is 1. The lowest BCUT2D eigenvalue weighted by Crippen LogP contribution is -2.48. The van der Waals surface area contributed by atoms with E-state index in [1.54, 1.807) is 31.0 Å². The van der Waals surface area contributed by atoms with Gasteiger partial charge in [-0.05, 0) is 30.7 Å². The van der Waals surface area contributed by atoms with Crippen LogP contribution in [-0.2, 0) is 6.42 Å². The summed E-state index contributed by atoms with van der Waals surface area (Å²) < 4.78 is 12.5. The Morgan fingerprint density at radius 3 is 2.36 bits per heavy atom. The van der Waals surface area contributed by atoms with E-state index in [2.05, 4.69) is 12.3 Å². The van der Waals surface area contributed by atoms with Crippen LogP contribution in [0, 0.1) is 0 Å². The van der Waals surface area contributed by atoms with Gasteiger partial charge >= 0.3 is 5.91 Å². The molecular formula is C20H21N2O3+. The molecule has 3 rings (SSSR count). The highest BCUT2D eigenvalue weighted by Crippen LogP contribution is 2.33. The van der Waals surface area contributed by atoms with Crippen LogP contribution in [0.2, 0.25) is 0 Å². The molecule has 1 amide bonds. The van der Waals surface area contributed by atoms with E-state index in [1.165, 1.54) is 0 Å². The zero-order chi connectivity index (χ0) is 17.8. The molecule has 0 spiro atoms. The molecule has 128 valence electrons. The summed E-state index contributed by atoms with van der Waals surface area (Å²) in [5, 5.41) is 2.04. The maximum Gasteiger partial charge on any atom is 0.305 e. The monoisotopic (exact) mass is 337 g/mol. The number of amides is 1. The van der Waals surface area contributed by atoms with E-state index in [9.17, 15) is 4.79 Å². The standard InChI is InChI=1S/C20H20N2O3/c1-4-14-12-22(21-20(23)15-8-6-5-7-9-15)13-16-10-18(24-2)19(25-3)11-17(14)16/h5-13H,4H2,1-3H3/p+1. The lowest BCUT2D eigenvalue weighted by Gasteiger charge is -2.10. The van der Waals surface area contributed by atoms with E-state index in [0.717, 1.165) is 22.8 Å². The van der Waals surface area contributed by atoms with E-state index >= 15 is 0 Å². The first-order valence-corrected chi connectivity index (χ1v) is 8.12. The minimum absolute atomic E-state index is 0.160. The van der Waals surface area contributed by atoms with Crippen molar-refractivity contribution in [2.45, 2.75) is 13.3 Å². The number of fused-ring (bicyclic) bond motifs is 1. The van der Waals surface area contributed by atoms with Crippen molar-refractivity contribution in [1.29, 1.82) is 0 Å². The zero-order valence-corrected chi connectivity index (χ0v) is 14.6. The highest BCUT2D eigenvalue weighted by molar-refractivity contribution is 5.98. The number of benzene rings is 2. The van der Waals surface area contributed by atoms with Crippen LogP contribution >= 0.6 is 0 Å². The van der Waals surface area contributed by atoms with E-state index in [1.807, 2.05) is 42.7 Å². The number of nitrogens with one attached hydrogen (secondary N) is 1. The fraction of sp³-hybridized carbons (Fsp3) is 0.200. The molecule has 0 fully saturated rings. The predicted molar refractivity (Wildman–Crippen MR) is 96.8 cm³/mol. The van der Waals surface area contributed by atoms with Crippen LogP contribution in [0.5, 0.6) is 11.5 Å². The number of aromatic nitrogens is 1. The Morgan fingerprint density at radius 2 is 1.72 bits per heavy atom. The van der Waals surface area contributed by atoms with Crippen LogP contribution in [0.3, 0.4) is 0 Å². The van der Waals surface area contributed by atoms with Crippen molar-refractivity contribution < 1.29 is 18.9 Å². The van der Waals surface area contributed by atoms with Gasteiger partial charge in [0.05, 0.1) is 19.6 Å². The van der Waals surface area contributed by atoms with Crippen molar-refractivity contribution in [3.63, 3.8) is 0 Å². The first kappa shape index (κ1) is 16.8. The Morgan fingerprint density at radius 1 is 1.04 bits per heavy atom. The van der Waals surface area contributed by atoms with Gasteiger partial charge in [0.1, 0.15) is 0 Å². The minimum atomic E-state index is -0.160. The molecule has 2 aromatic carbocycles. The lowest BCUT2D eigenvalue weighted by atomic mass is 10.1. The van der Waals surface area contributed by atoms with Crippen LogP contribution in [0.1, 0.15) is 22.8 Å². The predicted octanol–water partition coefficient (Wildman–Crippen LogP) is 3.09. The highest BCUT2D eigenvalue weighted by Gasteiger charge is 2.16. The van der Waals surface area contributed by atoms with Gasteiger partial charge in [0.25, 0.3) is 0 Å². The third-order valence-electron chi connectivity index (χ3n) is 4.12. The van der Waals surface area contributed by atoms with Crippen molar-refractivity contribution in [3.8, 4) is 11.5 Å². The molecule has 0 saturated heterocycles. The van der Waals surface area contributed by atoms with Crippen molar-refractivity contribution in [1.82, 2.24) is 0 Å². The Balaban J connectivity index is 2.03. The van der Waals surface area contributed by atoms with Gasteiger partial charge in [0, 0.05) is 16.5 Å². The molecule has 0 aliphatic heterocycles. The van der Waals surface area contributed by atoms with Gasteiger partial charge in [-0.1, -0.05) is 29.8 Å². The topological polar surface area (TPSA) is 51.4 Å². The molecule has 25 heavy (non-hydrogen) atoms. The molecule has 5 heteroatoms. The first-order valence-electron chi connectivity index (χ1n) is 8.12. The summed E-state index contributed by atoms with van der Waals surface area (Å²) in [7, 11) is 3.23. The van der Waals surface area contributed by atoms with Gasteiger partial charge < -0.3 is 9.47 Å². The summed E-state index contributed by atoms with van der Waals surface area (Å²) >= 11 is 0. The van der Waals surface area contributed by atoms with Gasteiger partial charge in [-0.2, -0.15) is 0 Å². The zero-order valence-electron chi connectivity index (χ0n) is 14.6. The summed E-state index contributed by atoms with van der Waals surface area (Å²) in [4.78, 5) is 12.4. The molecule has 0 unspecified atom stereocenters. The first-order chi connectivity index (χ1) is 12.2. The fourth-order valence-electron chi connectivity index (χ4n) is 2.82. The Bertz CT molecular complexity index is 908. The fourth-order valence-corrected chi connectivity index (χ4v) is 2.82. The molecule has 0 atom stereocenters. The van der Waals surface area contributed by atoms with Crippen molar-refractivity contribution in [2.75, 3.05) is 19.6 Å². The number of nitrogens with zero attached hydrogens (tertiary/aromatic N) is 1. The second kappa shape index (κ2) is 7.21. The Hall–Kier alpha value is -3.08. The van der Waals surface area contributed by atoms with Gasteiger partial charge in [-0.15, -0.1) is 5.43 Å². The molecular weight excluding hydrogens is 316 g/mol. The average Bonchev–Trinajstić information content (AvgIpc) is 2.66. The molecule has 5 nitrogen and oxygen atoms in total. The summed E-state index contributed by atoms with van der Waals surface area (Å²) in [6.07, 6.45) is 4.63. The molecule has 3 aromatic rings. The highest BCUT2D eigenvalue weighted by atomic mass is 16.5. The van der Waals surface area contributed by atoms with Crippen LogP contribution in [-0.4, -0.2) is 20.1 Å². The molecule has 0 bridgehead atoms. The molecule has 0 aliphatic rings. The van der Waals surface area contributed by atoms with Gasteiger partial charge in [0.2, 0.25) is 12.4 Å². The van der Waals surface area contributed by atoms with Gasteiger partial charge in [-0.3, -0.25) is 4.79 Å². The van der Waals surface area contributed by atoms with Crippen LogP contribution in [0.25, 0.3) is 10.8 Å². The maximum absolute atomic E-state index is 12.4. The second-order valence-electron chi connectivity index (χ2n) is 5.65. The van der Waals surface area contributed by atoms with Gasteiger partial charge in [0.15, 0.2) is 11.5 Å². The molecule has 1 N–H and O–H groups in total. The Kier molecular flexibility index (Phi) is 4.84. The summed E-state index contributed by atoms with van der Waals surface area (Å²) in [5.41, 5.74) is 4.61. The van der Waals surface area contributed by atoms with E-state index in [4.69, 9.17) is 9.47 Å². The largest absolute Gasteiger partial charge is 0.493 e. The van der Waals surface area contributed by atoms with Crippen molar-refractivity contribution >= 4 is 16.7 Å². The Labute approximate surface area is 146 Å². The van der Waals surface area contributed by atoms with Crippen molar-refractivity contribution in [2.24, 2.45) is 0 Å². The lowest BCUT2D eigenvalue weighted by molar-refractivity contribution is -0.640. The number of carbonyl (C=O) groups is 1. The third-order valence-corrected chi connectivity index (χ3v) is 4.12. The molecule has 0 saturated carbocycles. The number of pyridine rings is 1. The molecule has 0 radical (unpaired) electrons. The van der Waals surface area contributed by atoms with E-state index in [0.29, 0.717) is 17.1 Å². The number of methoxy groups -OCH3 is 2. The number of hydrogen-bond donors (Lipinski definition) is 1. The SMILES string of the molecule is CCc1c[n+](NC(=O)c2ccccc2)cc2cc(OC)c(OC)cc12. The molecule has 1 aromatic heterocycles. The number of hydrogen-bond acceptors (Lipinski definition) is 3. The van der Waals surface area contributed by atoms with Crippen LogP contribution in [0.15, 0.2) is 54.9 Å². The quantitative estimate of drug-likeness (QED) is 0.728. The van der Waals surface area contributed by atoms with Crippen LogP contribution < -0.4 is 19.6 Å². The normalized spacial score (nSPS) is 10.5. The number of rotatable bonds is 5. The summed E-state index contributed by atoms with van der Waals surface area (Å²) in [6, 6.07) is 13.0. The summed E-state index contributed by atoms with van der Waals surface area (Å²) in [5.74, 6) is 1.19. The summed E-state index contributed by atoms with van der Waals surface area (Å²) in [6.45, 7) is 2.08.